The smallest absolute Gasteiger partial charge is 0.240 e. The highest BCUT2D eigenvalue weighted by atomic mass is 16.5. The van der Waals surface area contributed by atoms with Crippen molar-refractivity contribution in [3.63, 3.8) is 0 Å². The van der Waals surface area contributed by atoms with Crippen LogP contribution in [-0.2, 0) is 4.79 Å². The Bertz CT molecular complexity index is 1090. The molecular formula is C26H24N2O2. The number of hydrogen-bond acceptors (Lipinski definition) is 3. The van der Waals surface area contributed by atoms with E-state index in [4.69, 9.17) is 4.74 Å². The van der Waals surface area contributed by atoms with Crippen LogP contribution in [0.25, 0.3) is 11.6 Å². The van der Waals surface area contributed by atoms with Gasteiger partial charge in [-0.1, -0.05) is 72.8 Å². The Labute approximate surface area is 176 Å². The number of rotatable bonds is 6. The molecule has 30 heavy (non-hydrogen) atoms. The maximum Gasteiger partial charge on any atom is 0.240 e. The minimum Gasteiger partial charge on any atom is -0.493 e. The normalized spacial score (nSPS) is 14.1. The molecule has 0 spiro atoms. The number of amides is 1. The zero-order valence-corrected chi connectivity index (χ0v) is 17.0. The molecule has 150 valence electrons. The molecule has 3 aromatic carbocycles. The third-order valence-electron chi connectivity index (χ3n) is 5.00. The molecule has 0 radical (unpaired) electrons. The fraction of sp³-hybridized carbons (Fsp3) is 0.154. The van der Waals surface area contributed by atoms with Crippen molar-refractivity contribution in [2.24, 2.45) is 5.10 Å². The van der Waals surface area contributed by atoms with Crippen LogP contribution in [-0.4, -0.2) is 18.2 Å². The molecule has 3 aromatic rings. The van der Waals surface area contributed by atoms with Gasteiger partial charge in [0.1, 0.15) is 5.75 Å². The van der Waals surface area contributed by atoms with Crippen molar-refractivity contribution in [3.8, 4) is 5.75 Å². The minimum atomic E-state index is -0.0581. The summed E-state index contributed by atoms with van der Waals surface area (Å²) < 4.78 is 5.97. The Morgan fingerprint density at radius 2 is 1.70 bits per heavy atom. The fourth-order valence-electron chi connectivity index (χ4n) is 3.63. The highest BCUT2D eigenvalue weighted by molar-refractivity contribution is 6.11. The number of nitrogens with one attached hydrogen (secondary N) is 1. The molecule has 0 unspecified atom stereocenters. The molecule has 0 bridgehead atoms. The van der Waals surface area contributed by atoms with Crippen LogP contribution in [0.2, 0.25) is 0 Å². The van der Waals surface area contributed by atoms with E-state index in [2.05, 4.69) is 46.9 Å². The average Bonchev–Trinajstić information content (AvgIpc) is 2.80. The Kier molecular flexibility index (Phi) is 6.04. The molecule has 0 aliphatic carbocycles. The van der Waals surface area contributed by atoms with Crippen molar-refractivity contribution >= 4 is 23.3 Å². The van der Waals surface area contributed by atoms with Crippen molar-refractivity contribution in [2.75, 3.05) is 6.61 Å². The summed E-state index contributed by atoms with van der Waals surface area (Å²) in [6, 6.07) is 26.6. The topological polar surface area (TPSA) is 50.7 Å². The van der Waals surface area contributed by atoms with Crippen molar-refractivity contribution in [1.29, 1.82) is 0 Å². The minimum absolute atomic E-state index is 0.0581. The molecule has 0 atom stereocenters. The number of ether oxygens (including phenoxy) is 1. The van der Waals surface area contributed by atoms with Crippen LogP contribution in [0.1, 0.15) is 42.0 Å². The largest absolute Gasteiger partial charge is 0.493 e. The number of hydrogen-bond donors (Lipinski definition) is 1. The van der Waals surface area contributed by atoms with E-state index in [0.29, 0.717) is 19.4 Å². The molecule has 1 N–H and O–H groups in total. The number of hydrazone groups is 1. The summed E-state index contributed by atoms with van der Waals surface area (Å²) in [5.41, 5.74) is 8.74. The third-order valence-corrected chi connectivity index (χ3v) is 5.00. The van der Waals surface area contributed by atoms with Gasteiger partial charge in [0.15, 0.2) is 0 Å². The van der Waals surface area contributed by atoms with Gasteiger partial charge >= 0.3 is 0 Å². The second-order valence-electron chi connectivity index (χ2n) is 7.04. The lowest BCUT2D eigenvalue weighted by molar-refractivity contribution is -0.121. The number of carbonyl (C=O) groups is 1. The molecule has 1 amide bonds. The summed E-state index contributed by atoms with van der Waals surface area (Å²) >= 11 is 0. The summed E-state index contributed by atoms with van der Waals surface area (Å²) in [5, 5.41) is 4.38. The Morgan fingerprint density at radius 1 is 0.967 bits per heavy atom. The van der Waals surface area contributed by atoms with Crippen molar-refractivity contribution in [2.45, 2.75) is 19.8 Å². The van der Waals surface area contributed by atoms with Gasteiger partial charge in [-0.05, 0) is 41.3 Å². The summed E-state index contributed by atoms with van der Waals surface area (Å²) in [5.74, 6) is 0.720. The zero-order chi connectivity index (χ0) is 20.8. The molecule has 4 rings (SSSR count). The number of carbonyl (C=O) groups excluding carboxylic acids is 1. The second kappa shape index (κ2) is 9.23. The van der Waals surface area contributed by atoms with Gasteiger partial charge in [0, 0.05) is 18.4 Å². The predicted molar refractivity (Wildman–Crippen MR) is 121 cm³/mol. The van der Waals surface area contributed by atoms with Gasteiger partial charge in [-0.3, -0.25) is 4.79 Å². The summed E-state index contributed by atoms with van der Waals surface area (Å²) in [7, 11) is 0. The van der Waals surface area contributed by atoms with Gasteiger partial charge in [-0.25, -0.2) is 5.43 Å². The first kappa shape index (κ1) is 19.6. The van der Waals surface area contributed by atoms with E-state index in [9.17, 15) is 4.79 Å². The molecule has 0 saturated carbocycles. The first-order chi connectivity index (χ1) is 14.8. The van der Waals surface area contributed by atoms with Gasteiger partial charge in [-0.15, -0.1) is 0 Å². The van der Waals surface area contributed by atoms with Crippen LogP contribution in [0.5, 0.6) is 5.75 Å². The molecule has 0 fully saturated rings. The van der Waals surface area contributed by atoms with E-state index in [0.717, 1.165) is 39.3 Å². The Balaban J connectivity index is 1.94. The molecule has 0 aromatic heterocycles. The molecule has 1 heterocycles. The van der Waals surface area contributed by atoms with Crippen LogP contribution in [0.15, 0.2) is 84.0 Å². The fourth-order valence-corrected chi connectivity index (χ4v) is 3.63. The van der Waals surface area contributed by atoms with Crippen LogP contribution in [0.3, 0.4) is 0 Å². The lowest BCUT2D eigenvalue weighted by atomic mass is 9.88. The van der Waals surface area contributed by atoms with Crippen LogP contribution in [0.4, 0.5) is 0 Å². The van der Waals surface area contributed by atoms with Gasteiger partial charge in [0.2, 0.25) is 5.91 Å². The Morgan fingerprint density at radius 3 is 2.37 bits per heavy atom. The van der Waals surface area contributed by atoms with Crippen molar-refractivity contribution in [1.82, 2.24) is 5.43 Å². The van der Waals surface area contributed by atoms with E-state index in [1.807, 2.05) is 55.5 Å². The predicted octanol–water partition coefficient (Wildman–Crippen LogP) is 5.29. The molecule has 1 aliphatic rings. The first-order valence-corrected chi connectivity index (χ1v) is 10.2. The highest BCUT2D eigenvalue weighted by Gasteiger charge is 2.22. The molecule has 1 aliphatic heterocycles. The summed E-state index contributed by atoms with van der Waals surface area (Å²) in [6.45, 7) is 2.53. The van der Waals surface area contributed by atoms with Crippen molar-refractivity contribution in [3.05, 3.63) is 101 Å². The van der Waals surface area contributed by atoms with Gasteiger partial charge in [-0.2, -0.15) is 5.10 Å². The van der Waals surface area contributed by atoms with E-state index >= 15 is 0 Å². The molecule has 4 nitrogen and oxygen atoms in total. The highest BCUT2D eigenvalue weighted by Crippen LogP contribution is 2.35. The van der Waals surface area contributed by atoms with Gasteiger partial charge < -0.3 is 4.74 Å². The Hall–Kier alpha value is -3.66. The van der Waals surface area contributed by atoms with E-state index in [-0.39, 0.29) is 5.91 Å². The lowest BCUT2D eigenvalue weighted by Gasteiger charge is -2.21. The third kappa shape index (κ3) is 4.33. The standard InChI is InChI=1S/C26H24N2O2/c1-2-30-24-15-9-14-21(26(24)23-16-17-25(29)28-27-23)22(20-12-7-4-8-13-20)18-19-10-5-3-6-11-19/h3-15,18H,2,16-17H2,1H3,(H,28,29)/b22-18+. The second-order valence-corrected chi connectivity index (χ2v) is 7.04. The van der Waals surface area contributed by atoms with Gasteiger partial charge in [0.25, 0.3) is 0 Å². The van der Waals surface area contributed by atoms with E-state index in [1.165, 1.54) is 0 Å². The summed E-state index contributed by atoms with van der Waals surface area (Å²) in [4.78, 5) is 11.7. The van der Waals surface area contributed by atoms with Crippen LogP contribution < -0.4 is 10.2 Å². The zero-order valence-electron chi connectivity index (χ0n) is 17.0. The maximum atomic E-state index is 11.7. The van der Waals surface area contributed by atoms with E-state index in [1.54, 1.807) is 0 Å². The number of nitrogens with zero attached hydrogens (tertiary/aromatic N) is 1. The first-order valence-electron chi connectivity index (χ1n) is 10.2. The molecule has 4 heteroatoms. The molecular weight excluding hydrogens is 372 g/mol. The SMILES string of the molecule is CCOc1cccc(/C(=C/c2ccccc2)c2ccccc2)c1C1=NNC(=O)CC1. The van der Waals surface area contributed by atoms with Crippen molar-refractivity contribution < 1.29 is 9.53 Å². The monoisotopic (exact) mass is 396 g/mol. The number of benzene rings is 3. The van der Waals surface area contributed by atoms with Crippen LogP contribution in [0, 0.1) is 0 Å². The van der Waals surface area contributed by atoms with E-state index < -0.39 is 0 Å². The summed E-state index contributed by atoms with van der Waals surface area (Å²) in [6.07, 6.45) is 3.18. The molecule has 0 saturated heterocycles. The van der Waals surface area contributed by atoms with Gasteiger partial charge in [0.05, 0.1) is 12.3 Å². The lowest BCUT2D eigenvalue weighted by Crippen LogP contribution is -2.26. The quantitative estimate of drug-likeness (QED) is 0.576. The average molecular weight is 396 g/mol. The maximum absolute atomic E-state index is 11.7. The van der Waals surface area contributed by atoms with Crippen LogP contribution >= 0.6 is 0 Å².